The minimum absolute atomic E-state index is 0.0172. The SMILES string of the molecule is CCCOc1ccc(C(=O)C2CCc3ccccc32)cc1. The number of hydrogen-bond acceptors (Lipinski definition) is 2. The Labute approximate surface area is 125 Å². The summed E-state index contributed by atoms with van der Waals surface area (Å²) in [6.07, 6.45) is 2.91. The second kappa shape index (κ2) is 6.13. The van der Waals surface area contributed by atoms with Crippen LogP contribution in [0.5, 0.6) is 5.75 Å². The highest BCUT2D eigenvalue weighted by molar-refractivity contribution is 6.01. The van der Waals surface area contributed by atoms with Gasteiger partial charge in [-0.25, -0.2) is 0 Å². The third kappa shape index (κ3) is 2.85. The number of ether oxygens (including phenoxy) is 1. The summed E-state index contributed by atoms with van der Waals surface area (Å²) in [5.41, 5.74) is 3.30. The van der Waals surface area contributed by atoms with Crippen molar-refractivity contribution in [1.82, 2.24) is 0 Å². The van der Waals surface area contributed by atoms with Crippen LogP contribution in [-0.4, -0.2) is 12.4 Å². The number of benzene rings is 2. The fourth-order valence-corrected chi connectivity index (χ4v) is 2.97. The second-order valence-electron chi connectivity index (χ2n) is 5.53. The summed E-state index contributed by atoms with van der Waals surface area (Å²) in [6, 6.07) is 15.8. The highest BCUT2D eigenvalue weighted by atomic mass is 16.5. The lowest BCUT2D eigenvalue weighted by Gasteiger charge is -2.11. The highest BCUT2D eigenvalue weighted by Crippen LogP contribution is 2.35. The molecular formula is C19H20O2. The molecule has 0 aromatic heterocycles. The summed E-state index contributed by atoms with van der Waals surface area (Å²) in [6.45, 7) is 2.79. The van der Waals surface area contributed by atoms with Gasteiger partial charge in [0.25, 0.3) is 0 Å². The van der Waals surface area contributed by atoms with Crippen molar-refractivity contribution >= 4 is 5.78 Å². The molecule has 108 valence electrons. The molecule has 0 heterocycles. The average molecular weight is 280 g/mol. The Morgan fingerprint density at radius 3 is 2.67 bits per heavy atom. The number of carbonyl (C=O) groups excluding carboxylic acids is 1. The van der Waals surface area contributed by atoms with Gasteiger partial charge in [-0.3, -0.25) is 4.79 Å². The molecule has 3 rings (SSSR count). The number of fused-ring (bicyclic) bond motifs is 1. The maximum atomic E-state index is 12.7. The zero-order valence-electron chi connectivity index (χ0n) is 12.3. The van der Waals surface area contributed by atoms with E-state index in [9.17, 15) is 4.79 Å². The molecule has 1 aliphatic rings. The summed E-state index contributed by atoms with van der Waals surface area (Å²) in [7, 11) is 0. The predicted molar refractivity (Wildman–Crippen MR) is 84.1 cm³/mol. The summed E-state index contributed by atoms with van der Waals surface area (Å²) in [4.78, 5) is 12.7. The Morgan fingerprint density at radius 1 is 1.14 bits per heavy atom. The molecule has 0 spiro atoms. The Kier molecular flexibility index (Phi) is 4.05. The lowest BCUT2D eigenvalue weighted by Crippen LogP contribution is -2.10. The van der Waals surface area contributed by atoms with Gasteiger partial charge < -0.3 is 4.74 Å². The molecule has 1 unspecified atom stereocenters. The van der Waals surface area contributed by atoms with Crippen molar-refractivity contribution < 1.29 is 9.53 Å². The Balaban J connectivity index is 1.77. The first-order chi connectivity index (χ1) is 10.3. The molecular weight excluding hydrogens is 260 g/mol. The van der Waals surface area contributed by atoms with Gasteiger partial charge in [0.2, 0.25) is 0 Å². The van der Waals surface area contributed by atoms with Crippen molar-refractivity contribution in [2.75, 3.05) is 6.61 Å². The molecule has 0 saturated heterocycles. The summed E-state index contributed by atoms with van der Waals surface area (Å²) < 4.78 is 5.56. The van der Waals surface area contributed by atoms with Gasteiger partial charge in [0.15, 0.2) is 5.78 Å². The van der Waals surface area contributed by atoms with Crippen LogP contribution in [0.4, 0.5) is 0 Å². The van der Waals surface area contributed by atoms with Gasteiger partial charge in [0, 0.05) is 11.5 Å². The lowest BCUT2D eigenvalue weighted by atomic mass is 9.92. The number of hydrogen-bond donors (Lipinski definition) is 0. The standard InChI is InChI=1S/C19H20O2/c1-2-13-21-16-10-7-15(8-11-16)19(20)18-12-9-14-5-3-4-6-17(14)18/h3-8,10-11,18H,2,9,12-13H2,1H3. The normalized spacial score (nSPS) is 16.5. The van der Waals surface area contributed by atoms with E-state index in [1.165, 1.54) is 11.1 Å². The zero-order valence-corrected chi connectivity index (χ0v) is 12.3. The first kappa shape index (κ1) is 13.9. The fraction of sp³-hybridized carbons (Fsp3) is 0.316. The van der Waals surface area contributed by atoms with Gasteiger partial charge in [-0.1, -0.05) is 31.2 Å². The number of carbonyl (C=O) groups is 1. The van der Waals surface area contributed by atoms with Gasteiger partial charge in [-0.05, 0) is 54.7 Å². The molecule has 0 saturated carbocycles. The van der Waals surface area contributed by atoms with E-state index in [0.717, 1.165) is 30.6 Å². The quantitative estimate of drug-likeness (QED) is 0.759. The average Bonchev–Trinajstić information content (AvgIpc) is 2.97. The van der Waals surface area contributed by atoms with E-state index in [1.807, 2.05) is 36.4 Å². The molecule has 1 aliphatic carbocycles. The van der Waals surface area contributed by atoms with Crippen LogP contribution in [0.15, 0.2) is 48.5 Å². The lowest BCUT2D eigenvalue weighted by molar-refractivity contribution is 0.0959. The third-order valence-corrected chi connectivity index (χ3v) is 4.06. The Morgan fingerprint density at radius 2 is 1.90 bits per heavy atom. The van der Waals surface area contributed by atoms with Gasteiger partial charge in [-0.15, -0.1) is 0 Å². The summed E-state index contributed by atoms with van der Waals surface area (Å²) in [5.74, 6) is 1.07. The van der Waals surface area contributed by atoms with Gasteiger partial charge >= 0.3 is 0 Å². The van der Waals surface area contributed by atoms with Crippen LogP contribution < -0.4 is 4.74 Å². The molecule has 21 heavy (non-hydrogen) atoms. The molecule has 2 heteroatoms. The van der Waals surface area contributed by atoms with Gasteiger partial charge in [-0.2, -0.15) is 0 Å². The van der Waals surface area contributed by atoms with Crippen molar-refractivity contribution in [3.8, 4) is 5.75 Å². The van der Waals surface area contributed by atoms with Crippen LogP contribution in [0.3, 0.4) is 0 Å². The molecule has 2 aromatic carbocycles. The topological polar surface area (TPSA) is 26.3 Å². The van der Waals surface area contributed by atoms with Crippen molar-refractivity contribution in [2.24, 2.45) is 0 Å². The van der Waals surface area contributed by atoms with Crippen molar-refractivity contribution in [1.29, 1.82) is 0 Å². The first-order valence-electron chi connectivity index (χ1n) is 7.64. The Hall–Kier alpha value is -2.09. The summed E-state index contributed by atoms with van der Waals surface area (Å²) >= 11 is 0. The molecule has 0 radical (unpaired) electrons. The van der Waals surface area contributed by atoms with Crippen molar-refractivity contribution in [3.63, 3.8) is 0 Å². The fourth-order valence-electron chi connectivity index (χ4n) is 2.97. The van der Waals surface area contributed by atoms with E-state index >= 15 is 0 Å². The van der Waals surface area contributed by atoms with E-state index in [1.54, 1.807) is 0 Å². The van der Waals surface area contributed by atoms with Crippen LogP contribution >= 0.6 is 0 Å². The van der Waals surface area contributed by atoms with Gasteiger partial charge in [0.05, 0.1) is 6.61 Å². The van der Waals surface area contributed by atoms with Gasteiger partial charge in [0.1, 0.15) is 5.75 Å². The smallest absolute Gasteiger partial charge is 0.170 e. The van der Waals surface area contributed by atoms with Crippen LogP contribution in [0.25, 0.3) is 0 Å². The zero-order chi connectivity index (χ0) is 14.7. The summed E-state index contributed by atoms with van der Waals surface area (Å²) in [5, 5.41) is 0. The van der Waals surface area contributed by atoms with E-state index in [-0.39, 0.29) is 11.7 Å². The molecule has 2 aromatic rings. The number of ketones is 1. The minimum Gasteiger partial charge on any atom is -0.494 e. The van der Waals surface area contributed by atoms with Crippen LogP contribution in [-0.2, 0) is 6.42 Å². The van der Waals surface area contributed by atoms with Crippen LogP contribution in [0.1, 0.15) is 47.2 Å². The minimum atomic E-state index is 0.0172. The van der Waals surface area contributed by atoms with E-state index in [0.29, 0.717) is 6.61 Å². The first-order valence-corrected chi connectivity index (χ1v) is 7.64. The molecule has 0 fully saturated rings. The molecule has 0 aliphatic heterocycles. The van der Waals surface area contributed by atoms with E-state index < -0.39 is 0 Å². The monoisotopic (exact) mass is 280 g/mol. The molecule has 2 nitrogen and oxygen atoms in total. The maximum Gasteiger partial charge on any atom is 0.170 e. The van der Waals surface area contributed by atoms with Crippen LogP contribution in [0.2, 0.25) is 0 Å². The van der Waals surface area contributed by atoms with E-state index in [2.05, 4.69) is 19.1 Å². The molecule has 0 N–H and O–H groups in total. The van der Waals surface area contributed by atoms with Crippen molar-refractivity contribution in [3.05, 3.63) is 65.2 Å². The highest BCUT2D eigenvalue weighted by Gasteiger charge is 2.28. The number of rotatable bonds is 5. The maximum absolute atomic E-state index is 12.7. The third-order valence-electron chi connectivity index (χ3n) is 4.06. The Bertz CT molecular complexity index is 628. The largest absolute Gasteiger partial charge is 0.494 e. The predicted octanol–water partition coefficient (Wildman–Crippen LogP) is 4.39. The molecule has 0 amide bonds. The van der Waals surface area contributed by atoms with Crippen LogP contribution in [0, 0.1) is 0 Å². The number of aryl methyl sites for hydroxylation is 1. The van der Waals surface area contributed by atoms with E-state index in [4.69, 9.17) is 4.74 Å². The van der Waals surface area contributed by atoms with Crippen molar-refractivity contribution in [2.45, 2.75) is 32.1 Å². The molecule has 0 bridgehead atoms. The number of Topliss-reactive ketones (excluding diaryl/α,β-unsaturated/α-hetero) is 1. The molecule has 1 atom stereocenters. The second-order valence-corrected chi connectivity index (χ2v) is 5.53.